The summed E-state index contributed by atoms with van der Waals surface area (Å²) in [7, 11) is 32.3. The van der Waals surface area contributed by atoms with Crippen molar-refractivity contribution in [3.63, 3.8) is 0 Å². The van der Waals surface area contributed by atoms with Crippen molar-refractivity contribution in [2.24, 2.45) is 0 Å². The van der Waals surface area contributed by atoms with Gasteiger partial charge in [0.1, 0.15) is 0 Å². The summed E-state index contributed by atoms with van der Waals surface area (Å²) in [5.74, 6) is 0. The molecule has 0 heterocycles. The molecule has 0 aliphatic heterocycles. The quantitative estimate of drug-likeness (QED) is 0.0886. The first-order valence-electron chi connectivity index (χ1n) is 29.5. The Morgan fingerprint density at radius 2 is 0.595 bits per heavy atom. The van der Waals surface area contributed by atoms with Crippen LogP contribution in [0.15, 0.2) is 0 Å². The molecule has 7 rings (SSSR count). The summed E-state index contributed by atoms with van der Waals surface area (Å²) in [5, 5.41) is 11.9. The van der Waals surface area contributed by atoms with E-state index in [-0.39, 0.29) is 0 Å². The smallest absolute Gasteiger partial charge is 0.0976 e. The molecule has 0 bridgehead atoms. The van der Waals surface area contributed by atoms with Gasteiger partial charge in [-0.3, -0.25) is 0 Å². The fraction of sp³-hybridized carbons (Fsp3) is 0.346. The van der Waals surface area contributed by atoms with E-state index in [0.29, 0.717) is 51.5 Å². The maximum Gasteiger partial charge on any atom is 0.0976 e. The summed E-state index contributed by atoms with van der Waals surface area (Å²) in [5.41, 5.74) is 38.4. The molecule has 0 fully saturated rings. The lowest BCUT2D eigenvalue weighted by atomic mass is 8.70. The SMILES string of the molecule is BBB(B(B)B)c1c(B(B(B)B)B(B)B)c(C)c2c(C)c(C)c(-c3c(C)c(C)c(C)c4c(-c5c(C)c(C)c6c(C)c(C)c(C)c(C)c6c5C)c5c(C)c(C)c(C)c(C)c5c(C)c34)c(B(B)BB)c2c1B(B)B(B)B. The Morgan fingerprint density at radius 1 is 0.243 bits per heavy atom. The van der Waals surface area contributed by atoms with E-state index in [2.05, 4.69) is 217 Å². The molecular formula is C52H80B22. The predicted octanol–water partition coefficient (Wildman–Crippen LogP) is -3.45. The van der Waals surface area contributed by atoms with Crippen LogP contribution < -0.4 is 21.9 Å². The molecule has 0 nitrogen and oxygen atoms in total. The highest BCUT2D eigenvalue weighted by molar-refractivity contribution is 7.85. The summed E-state index contributed by atoms with van der Waals surface area (Å²) < 4.78 is 0. The second-order valence-electron chi connectivity index (χ2n) is 26.0. The van der Waals surface area contributed by atoms with Crippen LogP contribution in [0.25, 0.3) is 65.3 Å². The minimum atomic E-state index is 0.337. The maximum atomic E-state index is 2.60. The van der Waals surface area contributed by atoms with Crippen LogP contribution in [0.3, 0.4) is 0 Å². The predicted molar refractivity (Wildman–Crippen MR) is 394 cm³/mol. The largest absolute Gasteiger partial charge is 0.112 e. The Morgan fingerprint density at radius 3 is 1.01 bits per heavy atom. The molecule has 0 atom stereocenters. The van der Waals surface area contributed by atoms with E-state index in [9.17, 15) is 0 Å². The molecule has 354 valence electrons. The Balaban J connectivity index is 1.94. The molecule has 0 aliphatic rings. The molecule has 0 amide bonds. The lowest BCUT2D eigenvalue weighted by Crippen LogP contribution is -2.74. The van der Waals surface area contributed by atoms with Gasteiger partial charge in [0.2, 0.25) is 0 Å². The van der Waals surface area contributed by atoms with Gasteiger partial charge in [0.25, 0.3) is 0 Å². The van der Waals surface area contributed by atoms with E-state index < -0.39 is 0 Å². The van der Waals surface area contributed by atoms with Crippen LogP contribution in [0.4, 0.5) is 0 Å². The molecule has 0 radical (unpaired) electrons. The first-order valence-corrected chi connectivity index (χ1v) is 29.5. The highest BCUT2D eigenvalue weighted by Gasteiger charge is 2.40. The number of hydrogen-bond acceptors (Lipinski definition) is 0. The molecule has 74 heavy (non-hydrogen) atoms. The van der Waals surface area contributed by atoms with Crippen LogP contribution in [-0.2, 0) is 0 Å². The maximum absolute atomic E-state index is 2.60. The number of fused-ring (bicyclic) bond motifs is 4. The molecule has 0 N–H and O–H groups in total. The molecule has 0 aliphatic carbocycles. The van der Waals surface area contributed by atoms with Crippen molar-refractivity contribution in [1.82, 2.24) is 0 Å². The van der Waals surface area contributed by atoms with Crippen molar-refractivity contribution in [2.75, 3.05) is 0 Å². The third kappa shape index (κ3) is 8.57. The molecule has 0 aromatic heterocycles. The molecule has 0 unspecified atom stereocenters. The Hall–Kier alpha value is -2.99. The highest BCUT2D eigenvalue weighted by atomic mass is 14.3. The summed E-state index contributed by atoms with van der Waals surface area (Å²) >= 11 is 0. The van der Waals surface area contributed by atoms with Gasteiger partial charge >= 0.3 is 0 Å². The highest BCUT2D eigenvalue weighted by Crippen LogP contribution is 2.53. The molecule has 0 spiro atoms. The summed E-state index contributed by atoms with van der Waals surface area (Å²) in [6.07, 6.45) is 2.07. The lowest BCUT2D eigenvalue weighted by Gasteiger charge is -2.38. The van der Waals surface area contributed by atoms with Crippen LogP contribution in [0, 0.1) is 125 Å². The van der Waals surface area contributed by atoms with Crippen molar-refractivity contribution in [1.29, 1.82) is 0 Å². The fourth-order valence-corrected chi connectivity index (χ4v) is 15.6. The Kier molecular flexibility index (Phi) is 16.9. The van der Waals surface area contributed by atoms with E-state index in [1.54, 1.807) is 38.2 Å². The average molecular weight is 943 g/mol. The minimum Gasteiger partial charge on any atom is -0.112 e. The number of aryl methyl sites for hydroxylation is 10. The van der Waals surface area contributed by atoms with Crippen molar-refractivity contribution in [3.05, 3.63) is 100 Å². The van der Waals surface area contributed by atoms with Gasteiger partial charge in [-0.15, -0.1) is 10.9 Å². The van der Waals surface area contributed by atoms with Crippen LogP contribution in [0.5, 0.6) is 0 Å². The minimum absolute atomic E-state index is 0.337. The topological polar surface area (TPSA) is 0 Å². The molecule has 7 aromatic rings. The van der Waals surface area contributed by atoms with Gasteiger partial charge < -0.3 is 0 Å². The van der Waals surface area contributed by atoms with Gasteiger partial charge in [-0.2, -0.15) is 0 Å². The van der Waals surface area contributed by atoms with Gasteiger partial charge in [-0.1, -0.05) is 16.5 Å². The third-order valence-electron chi connectivity index (χ3n) is 21.2. The normalized spacial score (nSPS) is 11.5. The third-order valence-corrected chi connectivity index (χ3v) is 21.2. The fourth-order valence-electron chi connectivity index (χ4n) is 15.6. The van der Waals surface area contributed by atoms with Crippen LogP contribution in [-0.4, -0.2) is 158 Å². The zero-order valence-electron chi connectivity index (χ0n) is 53.0. The standard InChI is InChI=1S/C52H80B22/c1-19-20(2)25(7)38-34(16)40(31(13)30(12)37(38)24(19)6)47-42-27(9)22(4)21(3)26(8)39(42)35(17)45-43(28(10)23(5)29(11)44(45)47)46-33(15)32(14)41-36(18)49(70(73(61)62)74(63)64)52(69(66-54)72(59)60)51(68(56)71(57)58)48(41)50(46)67(55)65-53/h65-66H,53-64H2,1-18H3. The summed E-state index contributed by atoms with van der Waals surface area (Å²) in [4.78, 5) is 0. The lowest BCUT2D eigenvalue weighted by molar-refractivity contribution is 1.22. The van der Waals surface area contributed by atoms with Crippen molar-refractivity contribution in [3.8, 4) is 22.3 Å². The summed E-state index contributed by atoms with van der Waals surface area (Å²) in [6, 6.07) is 0. The van der Waals surface area contributed by atoms with Crippen LogP contribution >= 0.6 is 0 Å². The number of rotatable bonds is 12. The molecule has 0 saturated heterocycles. The van der Waals surface area contributed by atoms with Crippen molar-refractivity contribution in [2.45, 2.75) is 125 Å². The van der Waals surface area contributed by atoms with Crippen molar-refractivity contribution < 1.29 is 0 Å². The second-order valence-corrected chi connectivity index (χ2v) is 26.0. The van der Waals surface area contributed by atoms with E-state index in [4.69, 9.17) is 0 Å². The molecule has 7 aromatic carbocycles. The Bertz CT molecular complexity index is 3510. The van der Waals surface area contributed by atoms with Gasteiger partial charge in [-0.05, 0) is 285 Å². The first kappa shape index (κ1) is 58.7. The van der Waals surface area contributed by atoms with E-state index in [1.165, 1.54) is 149 Å². The van der Waals surface area contributed by atoms with Crippen molar-refractivity contribution >= 4 is 223 Å². The molecule has 22 heteroatoms. The van der Waals surface area contributed by atoms with E-state index in [0.717, 1.165) is 14.1 Å². The van der Waals surface area contributed by atoms with E-state index >= 15 is 0 Å². The number of hydrogen-bond donors (Lipinski definition) is 0. The molecular weight excluding hydrogens is 862 g/mol. The van der Waals surface area contributed by atoms with Gasteiger partial charge in [0.15, 0.2) is 0 Å². The van der Waals surface area contributed by atoms with Crippen LogP contribution in [0.2, 0.25) is 0 Å². The van der Waals surface area contributed by atoms with E-state index in [1.807, 2.05) is 0 Å². The second kappa shape index (κ2) is 21.3. The monoisotopic (exact) mass is 947 g/mol. The zero-order valence-corrected chi connectivity index (χ0v) is 53.0. The zero-order chi connectivity index (χ0) is 55.7. The number of benzene rings is 7. The first-order chi connectivity index (χ1) is 34.4. The Labute approximate surface area is 467 Å². The average Bonchev–Trinajstić information content (AvgIpc) is 3.33. The van der Waals surface area contributed by atoms with Gasteiger partial charge in [0.05, 0.1) is 133 Å². The summed E-state index contributed by atoms with van der Waals surface area (Å²) in [6.45, 7) is 45.6. The van der Waals surface area contributed by atoms with Gasteiger partial charge in [-0.25, -0.2) is 0 Å². The molecule has 0 saturated carbocycles. The van der Waals surface area contributed by atoms with Gasteiger partial charge in [0, 0.05) is 25.5 Å². The van der Waals surface area contributed by atoms with Crippen LogP contribution in [0.1, 0.15) is 100 Å².